The Morgan fingerprint density at radius 2 is 1.66 bits per heavy atom. The maximum atomic E-state index is 6.02. The zero-order valence-electron chi connectivity index (χ0n) is 15.8. The Balaban J connectivity index is 1.85. The molecule has 0 unspecified atom stereocenters. The van der Waals surface area contributed by atoms with Gasteiger partial charge in [-0.2, -0.15) is 4.98 Å². The summed E-state index contributed by atoms with van der Waals surface area (Å²) in [7, 11) is 0. The van der Waals surface area contributed by atoms with E-state index < -0.39 is 0 Å². The summed E-state index contributed by atoms with van der Waals surface area (Å²) >= 11 is 3.62. The first-order valence-electron chi connectivity index (χ1n) is 9.17. The van der Waals surface area contributed by atoms with Gasteiger partial charge in [0.1, 0.15) is 5.75 Å². The number of rotatable bonds is 5. The molecular weight excluding hydrogens is 430 g/mol. The average Bonchev–Trinajstić information content (AvgIpc) is 2.74. The molecule has 0 spiro atoms. The van der Waals surface area contributed by atoms with Crippen LogP contribution in [0.4, 0.5) is 23.1 Å². The fraction of sp³-hybridized carbons (Fsp3) is 0.0909. The maximum Gasteiger partial charge on any atom is 0.222 e. The molecule has 6 nitrogen and oxygen atoms in total. The van der Waals surface area contributed by atoms with E-state index in [9.17, 15) is 0 Å². The molecule has 0 saturated heterocycles. The Bertz CT molecular complexity index is 1170. The van der Waals surface area contributed by atoms with E-state index in [-0.39, 0.29) is 5.95 Å². The van der Waals surface area contributed by atoms with Gasteiger partial charge in [-0.15, -0.1) is 0 Å². The van der Waals surface area contributed by atoms with Crippen molar-refractivity contribution in [3.63, 3.8) is 0 Å². The van der Waals surface area contributed by atoms with Crippen LogP contribution in [0.25, 0.3) is 22.0 Å². The van der Waals surface area contributed by atoms with Crippen LogP contribution in [0.1, 0.15) is 6.92 Å². The molecule has 0 saturated carbocycles. The van der Waals surface area contributed by atoms with Crippen LogP contribution < -0.4 is 20.1 Å². The Labute approximate surface area is 177 Å². The molecule has 7 heteroatoms. The van der Waals surface area contributed by atoms with Crippen LogP contribution in [0.3, 0.4) is 0 Å². The van der Waals surface area contributed by atoms with Crippen molar-refractivity contribution in [1.82, 2.24) is 9.97 Å². The predicted octanol–water partition coefficient (Wildman–Crippen LogP) is 5.31. The first-order valence-corrected chi connectivity index (χ1v) is 9.88. The molecule has 1 aromatic heterocycles. The topological polar surface area (TPSA) is 90.3 Å². The smallest absolute Gasteiger partial charge is 0.222 e. The van der Waals surface area contributed by atoms with E-state index in [1.54, 1.807) is 0 Å². The Kier molecular flexibility index (Phi) is 5.22. The van der Waals surface area contributed by atoms with Gasteiger partial charge in [0.25, 0.3) is 0 Å². The van der Waals surface area contributed by atoms with Crippen molar-refractivity contribution in [3.8, 4) is 16.9 Å². The number of anilines is 4. The number of nitrogens with two attached hydrogens (primary N) is 2. The van der Waals surface area contributed by atoms with E-state index in [0.29, 0.717) is 23.9 Å². The summed E-state index contributed by atoms with van der Waals surface area (Å²) in [6, 6.07) is 21.6. The molecule has 0 atom stereocenters. The minimum absolute atomic E-state index is 0.215. The van der Waals surface area contributed by atoms with Crippen LogP contribution in [-0.4, -0.2) is 16.6 Å². The zero-order valence-corrected chi connectivity index (χ0v) is 17.4. The first-order chi connectivity index (χ1) is 14.1. The Morgan fingerprint density at radius 3 is 2.41 bits per heavy atom. The lowest BCUT2D eigenvalue weighted by molar-refractivity contribution is 0.342. The molecule has 4 rings (SSSR count). The van der Waals surface area contributed by atoms with Crippen LogP contribution in [0.15, 0.2) is 66.7 Å². The fourth-order valence-corrected chi connectivity index (χ4v) is 3.64. The largest absolute Gasteiger partial charge is 0.492 e. The minimum Gasteiger partial charge on any atom is -0.492 e. The summed E-state index contributed by atoms with van der Waals surface area (Å²) in [6.45, 7) is 2.49. The second-order valence-corrected chi connectivity index (χ2v) is 7.15. The van der Waals surface area contributed by atoms with Crippen molar-refractivity contribution >= 4 is 50.2 Å². The highest BCUT2D eigenvalue weighted by Crippen LogP contribution is 2.36. The van der Waals surface area contributed by atoms with Crippen molar-refractivity contribution in [2.45, 2.75) is 6.92 Å². The molecule has 0 radical (unpaired) electrons. The number of hydrogen-bond donors (Lipinski definition) is 2. The number of aromatic nitrogens is 2. The summed E-state index contributed by atoms with van der Waals surface area (Å²) in [5.41, 5.74) is 16.3. The molecule has 4 aromatic rings. The fourth-order valence-electron chi connectivity index (χ4n) is 3.13. The number of benzene rings is 3. The van der Waals surface area contributed by atoms with Crippen LogP contribution in [-0.2, 0) is 0 Å². The molecule has 0 aliphatic carbocycles. The van der Waals surface area contributed by atoms with Crippen molar-refractivity contribution in [2.24, 2.45) is 0 Å². The van der Waals surface area contributed by atoms with Gasteiger partial charge in [0.15, 0.2) is 5.82 Å². The number of nitrogens with zero attached hydrogens (tertiary/aromatic N) is 3. The van der Waals surface area contributed by atoms with Gasteiger partial charge >= 0.3 is 0 Å². The van der Waals surface area contributed by atoms with Crippen LogP contribution in [0.2, 0.25) is 0 Å². The second kappa shape index (κ2) is 7.97. The minimum atomic E-state index is 0.215. The monoisotopic (exact) mass is 449 g/mol. The van der Waals surface area contributed by atoms with Crippen LogP contribution in [0.5, 0.6) is 5.75 Å². The second-order valence-electron chi connectivity index (χ2n) is 6.44. The summed E-state index contributed by atoms with van der Waals surface area (Å²) in [6.07, 6.45) is 0. The van der Waals surface area contributed by atoms with Gasteiger partial charge < -0.3 is 16.2 Å². The van der Waals surface area contributed by atoms with Gasteiger partial charge in [-0.05, 0) is 54.4 Å². The van der Waals surface area contributed by atoms with Crippen molar-refractivity contribution < 1.29 is 4.74 Å². The number of halogens is 1. The van der Waals surface area contributed by atoms with E-state index >= 15 is 0 Å². The molecule has 4 N–H and O–H groups in total. The van der Waals surface area contributed by atoms with Gasteiger partial charge in [0, 0.05) is 5.39 Å². The van der Waals surface area contributed by atoms with Crippen LogP contribution >= 0.6 is 16.1 Å². The van der Waals surface area contributed by atoms with Gasteiger partial charge in [-0.3, -0.25) is 3.93 Å². The molecular formula is C22H20BrN5O. The predicted molar refractivity (Wildman–Crippen MR) is 122 cm³/mol. The Morgan fingerprint density at radius 1 is 0.931 bits per heavy atom. The van der Waals surface area contributed by atoms with Gasteiger partial charge in [-0.25, -0.2) is 4.98 Å². The highest BCUT2D eigenvalue weighted by molar-refractivity contribution is 9.10. The zero-order chi connectivity index (χ0) is 20.4. The van der Waals surface area contributed by atoms with Gasteiger partial charge in [-0.1, -0.05) is 30.3 Å². The molecule has 0 amide bonds. The number of fused-ring (bicyclic) bond motifs is 1. The summed E-state index contributed by atoms with van der Waals surface area (Å²) < 4.78 is 7.46. The van der Waals surface area contributed by atoms with Crippen molar-refractivity contribution in [1.29, 1.82) is 0 Å². The number of para-hydroxylation sites is 1. The molecule has 146 valence electrons. The third-order valence-corrected chi connectivity index (χ3v) is 5.25. The molecule has 0 aliphatic heterocycles. The molecule has 0 aliphatic rings. The van der Waals surface area contributed by atoms with Gasteiger partial charge in [0.2, 0.25) is 5.95 Å². The maximum absolute atomic E-state index is 6.02. The van der Waals surface area contributed by atoms with E-state index in [1.165, 1.54) is 0 Å². The van der Waals surface area contributed by atoms with E-state index in [0.717, 1.165) is 27.7 Å². The standard InChI is InChI=1S/C22H20BrN5O/c1-2-29-20-13-15(8-10-18(20)24)14-9-11-19-17(12-14)21(27-22(25)26-19)28(23)16-6-4-3-5-7-16/h3-13H,2,24H2,1H3,(H2,25,26,27). The third kappa shape index (κ3) is 3.82. The lowest BCUT2D eigenvalue weighted by Crippen LogP contribution is -2.07. The van der Waals surface area contributed by atoms with Crippen molar-refractivity contribution in [2.75, 3.05) is 22.0 Å². The number of nitrogen functional groups attached to an aromatic ring is 2. The normalized spacial score (nSPS) is 10.8. The van der Waals surface area contributed by atoms with E-state index in [1.807, 2.05) is 77.6 Å². The average molecular weight is 450 g/mol. The SMILES string of the molecule is CCOc1cc(-c2ccc3nc(N)nc(N(Br)c4ccccc4)c3c2)ccc1N. The lowest BCUT2D eigenvalue weighted by atomic mass is 10.0. The summed E-state index contributed by atoms with van der Waals surface area (Å²) in [5.74, 6) is 1.55. The number of ether oxygens (including phenoxy) is 1. The van der Waals surface area contributed by atoms with Crippen LogP contribution in [0, 0.1) is 0 Å². The third-order valence-electron chi connectivity index (χ3n) is 4.51. The lowest BCUT2D eigenvalue weighted by Gasteiger charge is -2.18. The molecule has 1 heterocycles. The summed E-state index contributed by atoms with van der Waals surface area (Å²) in [5, 5.41) is 0.868. The van der Waals surface area contributed by atoms with E-state index in [4.69, 9.17) is 16.2 Å². The Hall–Kier alpha value is -3.32. The highest BCUT2D eigenvalue weighted by Gasteiger charge is 2.15. The highest BCUT2D eigenvalue weighted by atomic mass is 79.9. The quantitative estimate of drug-likeness (QED) is 0.317. The molecule has 0 bridgehead atoms. The summed E-state index contributed by atoms with van der Waals surface area (Å²) in [4.78, 5) is 8.86. The molecule has 3 aromatic carbocycles. The van der Waals surface area contributed by atoms with Crippen molar-refractivity contribution in [3.05, 3.63) is 66.7 Å². The van der Waals surface area contributed by atoms with Gasteiger partial charge in [0.05, 0.1) is 39.6 Å². The van der Waals surface area contributed by atoms with E-state index in [2.05, 4.69) is 26.1 Å². The number of hydrogen-bond acceptors (Lipinski definition) is 6. The first kappa shape index (κ1) is 19.0. The molecule has 29 heavy (non-hydrogen) atoms. The molecule has 0 fully saturated rings.